The zero-order chi connectivity index (χ0) is 10.9. The van der Waals surface area contributed by atoms with Crippen molar-refractivity contribution >= 4 is 15.9 Å². The minimum Gasteiger partial charge on any atom is -0.103 e. The van der Waals surface area contributed by atoms with Gasteiger partial charge in [0.2, 0.25) is 0 Å². The van der Waals surface area contributed by atoms with E-state index in [1.54, 1.807) is 0 Å². The van der Waals surface area contributed by atoms with Crippen LogP contribution in [0.1, 0.15) is 37.7 Å². The van der Waals surface area contributed by atoms with Crippen LogP contribution in [0.25, 0.3) is 0 Å². The van der Waals surface area contributed by atoms with Crippen LogP contribution in [0.3, 0.4) is 0 Å². The molecule has 0 bridgehead atoms. The molecule has 0 amide bonds. The zero-order valence-electron chi connectivity index (χ0n) is 9.21. The highest BCUT2D eigenvalue weighted by molar-refractivity contribution is 9.10. The highest BCUT2D eigenvalue weighted by Crippen LogP contribution is 2.18. The number of benzene rings is 1. The Kier molecular flexibility index (Phi) is 6.42. The van der Waals surface area contributed by atoms with Crippen LogP contribution in [-0.4, -0.2) is 0 Å². The third-order valence-electron chi connectivity index (χ3n) is 2.56. The van der Waals surface area contributed by atoms with Crippen LogP contribution in [0.4, 0.5) is 0 Å². The minimum atomic E-state index is 1.16. The highest BCUT2D eigenvalue weighted by atomic mass is 79.9. The van der Waals surface area contributed by atoms with Crippen LogP contribution in [0.2, 0.25) is 0 Å². The molecule has 0 fully saturated rings. The summed E-state index contributed by atoms with van der Waals surface area (Å²) >= 11 is 3.58. The Morgan fingerprint density at radius 1 is 1.07 bits per heavy atom. The van der Waals surface area contributed by atoms with Gasteiger partial charge in [0.25, 0.3) is 0 Å². The Bertz CT molecular complexity index is 291. The van der Waals surface area contributed by atoms with Crippen LogP contribution in [0.15, 0.2) is 41.4 Å². The van der Waals surface area contributed by atoms with Gasteiger partial charge in [-0.3, -0.25) is 0 Å². The molecule has 0 N–H and O–H groups in total. The molecule has 0 aliphatic carbocycles. The Morgan fingerprint density at radius 2 is 1.80 bits per heavy atom. The van der Waals surface area contributed by atoms with E-state index < -0.39 is 0 Å². The summed E-state index contributed by atoms with van der Waals surface area (Å²) in [6.07, 6.45) is 9.60. The maximum atomic E-state index is 3.73. The first-order chi connectivity index (χ1) is 7.34. The molecule has 0 radical (unpaired) electrons. The van der Waals surface area contributed by atoms with Gasteiger partial charge in [-0.15, -0.1) is 6.58 Å². The third kappa shape index (κ3) is 5.17. The van der Waals surface area contributed by atoms with E-state index in [4.69, 9.17) is 0 Å². The molecule has 0 saturated heterocycles. The van der Waals surface area contributed by atoms with Crippen molar-refractivity contribution in [2.24, 2.45) is 0 Å². The molecule has 0 aliphatic heterocycles. The lowest BCUT2D eigenvalue weighted by Crippen LogP contribution is -1.87. The molecule has 1 aromatic carbocycles. The third-order valence-corrected chi connectivity index (χ3v) is 3.34. The summed E-state index contributed by atoms with van der Waals surface area (Å²) in [5.74, 6) is 0. The Hall–Kier alpha value is -0.560. The summed E-state index contributed by atoms with van der Waals surface area (Å²) in [5, 5.41) is 0. The summed E-state index contributed by atoms with van der Waals surface area (Å²) in [7, 11) is 0. The van der Waals surface area contributed by atoms with Crippen molar-refractivity contribution in [3.63, 3.8) is 0 Å². The number of hydrogen-bond donors (Lipinski definition) is 0. The molecule has 0 aromatic heterocycles. The van der Waals surface area contributed by atoms with Crippen molar-refractivity contribution in [1.82, 2.24) is 0 Å². The van der Waals surface area contributed by atoms with Crippen LogP contribution in [-0.2, 0) is 6.42 Å². The molecule has 1 heteroatoms. The number of allylic oxidation sites excluding steroid dienone is 1. The second kappa shape index (κ2) is 7.70. The maximum absolute atomic E-state index is 3.73. The molecule has 0 unspecified atom stereocenters. The van der Waals surface area contributed by atoms with Crippen molar-refractivity contribution in [2.75, 3.05) is 0 Å². The van der Waals surface area contributed by atoms with Gasteiger partial charge < -0.3 is 0 Å². The average Bonchev–Trinajstić information content (AvgIpc) is 2.25. The highest BCUT2D eigenvalue weighted by Gasteiger charge is 1.97. The van der Waals surface area contributed by atoms with Crippen molar-refractivity contribution in [2.45, 2.75) is 38.5 Å². The van der Waals surface area contributed by atoms with E-state index in [1.807, 2.05) is 6.08 Å². The number of rotatable bonds is 7. The van der Waals surface area contributed by atoms with E-state index in [0.29, 0.717) is 0 Å². The van der Waals surface area contributed by atoms with Gasteiger partial charge in [0, 0.05) is 4.47 Å². The molecule has 1 aromatic rings. The van der Waals surface area contributed by atoms with Gasteiger partial charge in [0.15, 0.2) is 0 Å². The second-order valence-electron chi connectivity index (χ2n) is 3.83. The van der Waals surface area contributed by atoms with Gasteiger partial charge in [-0.1, -0.05) is 53.0 Å². The normalized spacial score (nSPS) is 10.2. The van der Waals surface area contributed by atoms with Crippen LogP contribution < -0.4 is 0 Å². The van der Waals surface area contributed by atoms with Gasteiger partial charge in [-0.05, 0) is 37.3 Å². The summed E-state index contributed by atoms with van der Waals surface area (Å²) in [6, 6.07) is 8.50. The van der Waals surface area contributed by atoms with Gasteiger partial charge in [0.1, 0.15) is 0 Å². The first kappa shape index (κ1) is 12.5. The van der Waals surface area contributed by atoms with E-state index in [1.165, 1.54) is 42.1 Å². The number of hydrogen-bond acceptors (Lipinski definition) is 0. The van der Waals surface area contributed by atoms with Gasteiger partial charge >= 0.3 is 0 Å². The fraction of sp³-hybridized carbons (Fsp3) is 0.429. The topological polar surface area (TPSA) is 0 Å². The Morgan fingerprint density at radius 3 is 2.53 bits per heavy atom. The summed E-state index contributed by atoms with van der Waals surface area (Å²) < 4.78 is 1.25. The second-order valence-corrected chi connectivity index (χ2v) is 4.69. The maximum Gasteiger partial charge on any atom is 0.0207 e. The molecule has 0 atom stereocenters. The predicted octanol–water partition coefficient (Wildman–Crippen LogP) is 5.13. The zero-order valence-corrected chi connectivity index (χ0v) is 10.8. The predicted molar refractivity (Wildman–Crippen MR) is 71.1 cm³/mol. The summed E-state index contributed by atoms with van der Waals surface area (Å²) in [4.78, 5) is 0. The van der Waals surface area contributed by atoms with Crippen LogP contribution in [0, 0.1) is 0 Å². The van der Waals surface area contributed by atoms with Crippen LogP contribution in [0.5, 0.6) is 0 Å². The Labute approximate surface area is 102 Å². The van der Waals surface area contributed by atoms with Crippen molar-refractivity contribution < 1.29 is 0 Å². The molecule has 0 saturated carbocycles. The van der Waals surface area contributed by atoms with Crippen LogP contribution >= 0.6 is 15.9 Å². The number of unbranched alkanes of at least 4 members (excludes halogenated alkanes) is 4. The minimum absolute atomic E-state index is 1.16. The lowest BCUT2D eigenvalue weighted by Gasteiger charge is -2.03. The van der Waals surface area contributed by atoms with Gasteiger partial charge in [-0.25, -0.2) is 0 Å². The lowest BCUT2D eigenvalue weighted by molar-refractivity contribution is 0.646. The van der Waals surface area contributed by atoms with E-state index in [9.17, 15) is 0 Å². The smallest absolute Gasteiger partial charge is 0.0207 e. The fourth-order valence-corrected chi connectivity index (χ4v) is 2.14. The molecule has 0 heterocycles. The molecule has 82 valence electrons. The fourth-order valence-electron chi connectivity index (χ4n) is 1.66. The molecular formula is C14H19Br. The summed E-state index contributed by atoms with van der Waals surface area (Å²) in [5.41, 5.74) is 1.43. The average molecular weight is 267 g/mol. The molecule has 0 aliphatic rings. The lowest BCUT2D eigenvalue weighted by atomic mass is 10.1. The quantitative estimate of drug-likeness (QED) is 0.474. The summed E-state index contributed by atoms with van der Waals surface area (Å²) in [6.45, 7) is 3.73. The standard InChI is InChI=1S/C14H19Br/c1-2-3-4-5-6-7-10-13-11-8-9-12-14(13)15/h2,8-9,11-12H,1,3-7,10H2. The largest absolute Gasteiger partial charge is 0.103 e. The number of aryl methyl sites for hydroxylation is 1. The molecular weight excluding hydrogens is 248 g/mol. The van der Waals surface area contributed by atoms with E-state index in [0.717, 1.165) is 6.42 Å². The van der Waals surface area contributed by atoms with E-state index in [-0.39, 0.29) is 0 Å². The monoisotopic (exact) mass is 266 g/mol. The first-order valence-electron chi connectivity index (χ1n) is 5.69. The molecule has 15 heavy (non-hydrogen) atoms. The molecule has 0 spiro atoms. The van der Waals surface area contributed by atoms with Gasteiger partial charge in [-0.2, -0.15) is 0 Å². The molecule has 1 rings (SSSR count). The van der Waals surface area contributed by atoms with E-state index >= 15 is 0 Å². The van der Waals surface area contributed by atoms with Crippen molar-refractivity contribution in [1.29, 1.82) is 0 Å². The number of halogens is 1. The Balaban J connectivity index is 2.15. The first-order valence-corrected chi connectivity index (χ1v) is 6.48. The van der Waals surface area contributed by atoms with Gasteiger partial charge in [0.05, 0.1) is 0 Å². The van der Waals surface area contributed by atoms with Crippen molar-refractivity contribution in [3.8, 4) is 0 Å². The molecule has 0 nitrogen and oxygen atoms in total. The van der Waals surface area contributed by atoms with Crippen molar-refractivity contribution in [3.05, 3.63) is 47.0 Å². The van der Waals surface area contributed by atoms with E-state index in [2.05, 4.69) is 46.8 Å². The SMILES string of the molecule is C=CCCCCCCc1ccccc1Br.